The van der Waals surface area contributed by atoms with Crippen LogP contribution < -0.4 is 0 Å². The molecular weight excluding hydrogens is 321 g/mol. The molecule has 5 heteroatoms. The van der Waals surface area contributed by atoms with Crippen LogP contribution in [0.1, 0.15) is 17.3 Å². The summed E-state index contributed by atoms with van der Waals surface area (Å²) in [5.41, 5.74) is 2.94. The standard InChI is InChI=1S/C17H13Cl2NO2/c1-2-20-9-15(17(21)22)14-7-10(3-4-16(14)20)11-5-12(18)8-13(19)6-11/h3-9H,2H2,1H3,(H,21,22). The SMILES string of the molecule is CCn1cc(C(=O)O)c2cc(-c3cc(Cl)cc(Cl)c3)ccc21. The van der Waals surface area contributed by atoms with Crippen LogP contribution in [0.25, 0.3) is 22.0 Å². The predicted octanol–water partition coefficient (Wildman–Crippen LogP) is 5.33. The number of aromatic carboxylic acids is 1. The Labute approximate surface area is 137 Å². The molecule has 1 N–H and O–H groups in total. The van der Waals surface area contributed by atoms with Crippen LogP contribution in [0.5, 0.6) is 0 Å². The fraction of sp³-hybridized carbons (Fsp3) is 0.118. The van der Waals surface area contributed by atoms with Crippen LogP contribution in [0.2, 0.25) is 10.0 Å². The lowest BCUT2D eigenvalue weighted by atomic mass is 10.0. The Bertz CT molecular complexity index is 863. The van der Waals surface area contributed by atoms with Gasteiger partial charge in [-0.15, -0.1) is 0 Å². The van der Waals surface area contributed by atoms with Crippen molar-refractivity contribution >= 4 is 40.1 Å². The summed E-state index contributed by atoms with van der Waals surface area (Å²) in [6.45, 7) is 2.70. The lowest BCUT2D eigenvalue weighted by molar-refractivity contribution is 0.0699. The summed E-state index contributed by atoms with van der Waals surface area (Å²) in [6.07, 6.45) is 1.67. The molecule has 0 spiro atoms. The summed E-state index contributed by atoms with van der Waals surface area (Å²) in [5, 5.41) is 11.2. The first-order valence-corrected chi connectivity index (χ1v) is 7.58. The van der Waals surface area contributed by atoms with Crippen molar-refractivity contribution in [3.63, 3.8) is 0 Å². The Balaban J connectivity index is 2.24. The molecule has 0 amide bonds. The first-order valence-electron chi connectivity index (χ1n) is 6.82. The highest BCUT2D eigenvalue weighted by Crippen LogP contribution is 2.31. The van der Waals surface area contributed by atoms with Crippen molar-refractivity contribution in [2.45, 2.75) is 13.5 Å². The minimum Gasteiger partial charge on any atom is -0.478 e. The van der Waals surface area contributed by atoms with Gasteiger partial charge in [0, 0.05) is 33.7 Å². The normalized spacial score (nSPS) is 11.0. The number of carboxylic acids is 1. The fourth-order valence-corrected chi connectivity index (χ4v) is 3.16. The number of nitrogens with zero attached hydrogens (tertiary/aromatic N) is 1. The van der Waals surface area contributed by atoms with Gasteiger partial charge in [-0.3, -0.25) is 0 Å². The van der Waals surface area contributed by atoms with Crippen molar-refractivity contribution in [1.82, 2.24) is 4.57 Å². The second-order valence-corrected chi connectivity index (χ2v) is 5.90. The van der Waals surface area contributed by atoms with Crippen molar-refractivity contribution in [3.8, 4) is 11.1 Å². The molecule has 22 heavy (non-hydrogen) atoms. The number of benzene rings is 2. The summed E-state index contributed by atoms with van der Waals surface area (Å²) in [7, 11) is 0. The molecular formula is C17H13Cl2NO2. The Morgan fingerprint density at radius 3 is 2.36 bits per heavy atom. The first kappa shape index (κ1) is 14.9. The fourth-order valence-electron chi connectivity index (χ4n) is 2.63. The van der Waals surface area contributed by atoms with E-state index in [2.05, 4.69) is 0 Å². The van der Waals surface area contributed by atoms with Crippen LogP contribution in [0.4, 0.5) is 0 Å². The molecule has 0 fully saturated rings. The second-order valence-electron chi connectivity index (χ2n) is 5.02. The lowest BCUT2D eigenvalue weighted by Gasteiger charge is -2.06. The highest BCUT2D eigenvalue weighted by Gasteiger charge is 2.14. The van der Waals surface area contributed by atoms with Crippen molar-refractivity contribution < 1.29 is 9.90 Å². The maximum absolute atomic E-state index is 11.4. The third-order valence-corrected chi connectivity index (χ3v) is 4.08. The van der Waals surface area contributed by atoms with E-state index >= 15 is 0 Å². The van der Waals surface area contributed by atoms with Gasteiger partial charge in [-0.1, -0.05) is 29.3 Å². The summed E-state index contributed by atoms with van der Waals surface area (Å²) < 4.78 is 1.92. The van der Waals surface area contributed by atoms with Crippen LogP contribution >= 0.6 is 23.2 Å². The molecule has 2 aromatic carbocycles. The smallest absolute Gasteiger partial charge is 0.337 e. The molecule has 0 saturated carbocycles. The van der Waals surface area contributed by atoms with Crippen LogP contribution in [0.15, 0.2) is 42.6 Å². The molecule has 0 saturated heterocycles. The van der Waals surface area contributed by atoms with Crippen LogP contribution in [-0.2, 0) is 6.54 Å². The molecule has 1 heterocycles. The molecule has 0 atom stereocenters. The Hall–Kier alpha value is -1.97. The van der Waals surface area contributed by atoms with Gasteiger partial charge in [-0.2, -0.15) is 0 Å². The third-order valence-electron chi connectivity index (χ3n) is 3.65. The van der Waals surface area contributed by atoms with Gasteiger partial charge in [0.15, 0.2) is 0 Å². The maximum atomic E-state index is 11.4. The zero-order chi connectivity index (χ0) is 15.9. The number of fused-ring (bicyclic) bond motifs is 1. The highest BCUT2D eigenvalue weighted by atomic mass is 35.5. The number of halogens is 2. The van der Waals surface area contributed by atoms with Crippen molar-refractivity contribution in [2.24, 2.45) is 0 Å². The van der Waals surface area contributed by atoms with E-state index in [1.54, 1.807) is 12.3 Å². The molecule has 0 aliphatic rings. The molecule has 3 rings (SSSR count). The number of rotatable bonds is 3. The maximum Gasteiger partial charge on any atom is 0.337 e. The van der Waals surface area contributed by atoms with Crippen LogP contribution in [0, 0.1) is 0 Å². The molecule has 0 bridgehead atoms. The summed E-state index contributed by atoms with van der Waals surface area (Å²) in [5.74, 6) is -0.932. The van der Waals surface area contributed by atoms with Gasteiger partial charge in [0.25, 0.3) is 0 Å². The van der Waals surface area contributed by atoms with Gasteiger partial charge in [0.05, 0.1) is 5.56 Å². The van der Waals surface area contributed by atoms with E-state index in [-0.39, 0.29) is 0 Å². The molecule has 1 aromatic heterocycles. The van der Waals surface area contributed by atoms with Crippen molar-refractivity contribution in [3.05, 3.63) is 58.2 Å². The number of carboxylic acid groups (broad SMARTS) is 1. The van der Waals surface area contributed by atoms with Crippen molar-refractivity contribution in [2.75, 3.05) is 0 Å². The first-order chi connectivity index (χ1) is 10.5. The zero-order valence-corrected chi connectivity index (χ0v) is 13.3. The van der Waals surface area contributed by atoms with Gasteiger partial charge in [0.1, 0.15) is 0 Å². The quantitative estimate of drug-likeness (QED) is 0.703. The molecule has 3 aromatic rings. The molecule has 3 nitrogen and oxygen atoms in total. The van der Waals surface area contributed by atoms with Gasteiger partial charge in [-0.25, -0.2) is 4.79 Å². The van der Waals surface area contributed by atoms with E-state index in [0.29, 0.717) is 27.5 Å². The molecule has 0 aliphatic carbocycles. The predicted molar refractivity (Wildman–Crippen MR) is 90.0 cm³/mol. The van der Waals surface area contributed by atoms with E-state index in [0.717, 1.165) is 16.6 Å². The van der Waals surface area contributed by atoms with E-state index in [9.17, 15) is 9.90 Å². The minimum absolute atomic E-state index is 0.298. The molecule has 0 radical (unpaired) electrons. The van der Waals surface area contributed by atoms with Gasteiger partial charge >= 0.3 is 5.97 Å². The second kappa shape index (κ2) is 5.67. The lowest BCUT2D eigenvalue weighted by Crippen LogP contribution is -1.94. The number of hydrogen-bond acceptors (Lipinski definition) is 1. The topological polar surface area (TPSA) is 42.2 Å². The van der Waals surface area contributed by atoms with Gasteiger partial charge in [-0.05, 0) is 48.4 Å². The highest BCUT2D eigenvalue weighted by molar-refractivity contribution is 6.35. The van der Waals surface area contributed by atoms with E-state index in [1.807, 2.05) is 41.8 Å². The largest absolute Gasteiger partial charge is 0.478 e. The number of aryl methyl sites for hydroxylation is 1. The molecule has 112 valence electrons. The van der Waals surface area contributed by atoms with E-state index in [4.69, 9.17) is 23.2 Å². The van der Waals surface area contributed by atoms with Gasteiger partial charge < -0.3 is 9.67 Å². The van der Waals surface area contributed by atoms with Gasteiger partial charge in [0.2, 0.25) is 0 Å². The molecule has 0 aliphatic heterocycles. The Kier molecular flexibility index (Phi) is 3.85. The Morgan fingerprint density at radius 1 is 1.09 bits per heavy atom. The van der Waals surface area contributed by atoms with Crippen molar-refractivity contribution in [1.29, 1.82) is 0 Å². The Morgan fingerprint density at radius 2 is 1.77 bits per heavy atom. The van der Waals surface area contributed by atoms with Crippen LogP contribution in [-0.4, -0.2) is 15.6 Å². The monoisotopic (exact) mass is 333 g/mol. The summed E-state index contributed by atoms with van der Waals surface area (Å²) in [6, 6.07) is 11.0. The number of carbonyl (C=O) groups is 1. The molecule has 0 unspecified atom stereocenters. The number of hydrogen-bond donors (Lipinski definition) is 1. The average Bonchev–Trinajstić information content (AvgIpc) is 2.84. The average molecular weight is 334 g/mol. The van der Waals surface area contributed by atoms with Crippen LogP contribution in [0.3, 0.4) is 0 Å². The van der Waals surface area contributed by atoms with E-state index in [1.165, 1.54) is 0 Å². The van der Waals surface area contributed by atoms with E-state index < -0.39 is 5.97 Å². The summed E-state index contributed by atoms with van der Waals surface area (Å²) >= 11 is 12.1. The minimum atomic E-state index is -0.932. The zero-order valence-electron chi connectivity index (χ0n) is 11.8. The third kappa shape index (κ3) is 2.58. The summed E-state index contributed by atoms with van der Waals surface area (Å²) in [4.78, 5) is 11.4. The number of aromatic nitrogens is 1.